The molecule has 2 N–H and O–H groups in total. The van der Waals surface area contributed by atoms with Gasteiger partial charge in [-0.05, 0) is 59.7 Å². The molecule has 0 saturated heterocycles. The van der Waals surface area contributed by atoms with Crippen molar-refractivity contribution in [1.82, 2.24) is 15.6 Å². The number of hydrazone groups is 1. The second-order valence-corrected chi connectivity index (χ2v) is 6.33. The standard InChI is InChI=1S/C16H23BrN4O3S/c1-5-18-16(25)20-19-9-11-7-12(17)15(13(8-11)23-6-2)24-10-14(22)21(3)4/h7-9H,5-6,10H2,1-4H3,(H2,18,20,25). The van der Waals surface area contributed by atoms with Gasteiger partial charge in [0.15, 0.2) is 23.2 Å². The molecule has 1 aromatic rings. The minimum absolute atomic E-state index is 0.0718. The lowest BCUT2D eigenvalue weighted by atomic mass is 10.2. The monoisotopic (exact) mass is 430 g/mol. The zero-order valence-electron chi connectivity index (χ0n) is 14.8. The summed E-state index contributed by atoms with van der Waals surface area (Å²) in [6.45, 7) is 4.94. The molecule has 0 aliphatic heterocycles. The number of benzene rings is 1. The molecule has 0 aromatic heterocycles. The van der Waals surface area contributed by atoms with Gasteiger partial charge in [-0.15, -0.1) is 0 Å². The predicted octanol–water partition coefficient (Wildman–Crippen LogP) is 2.13. The van der Waals surface area contributed by atoms with Crippen LogP contribution in [0.4, 0.5) is 0 Å². The van der Waals surface area contributed by atoms with Gasteiger partial charge in [0.25, 0.3) is 5.91 Å². The first-order valence-electron chi connectivity index (χ1n) is 7.75. The van der Waals surface area contributed by atoms with Crippen LogP contribution in [0.15, 0.2) is 21.7 Å². The van der Waals surface area contributed by atoms with Crippen molar-refractivity contribution in [2.75, 3.05) is 33.9 Å². The van der Waals surface area contributed by atoms with Crippen molar-refractivity contribution >= 4 is 45.4 Å². The smallest absolute Gasteiger partial charge is 0.259 e. The molecule has 9 heteroatoms. The van der Waals surface area contributed by atoms with Crippen molar-refractivity contribution in [3.63, 3.8) is 0 Å². The Balaban J connectivity index is 2.92. The molecular weight excluding hydrogens is 408 g/mol. The van der Waals surface area contributed by atoms with Crippen LogP contribution in [0.1, 0.15) is 19.4 Å². The number of halogens is 1. The third-order valence-corrected chi connectivity index (χ3v) is 3.71. The van der Waals surface area contributed by atoms with Crippen molar-refractivity contribution in [2.45, 2.75) is 13.8 Å². The number of thiocarbonyl (C=S) groups is 1. The molecule has 1 aromatic carbocycles. The molecule has 0 aliphatic rings. The van der Waals surface area contributed by atoms with E-state index in [9.17, 15) is 4.79 Å². The van der Waals surface area contributed by atoms with Crippen LogP contribution in [0, 0.1) is 0 Å². The van der Waals surface area contributed by atoms with Crippen LogP contribution in [0.25, 0.3) is 0 Å². The Bertz CT molecular complexity index is 638. The Morgan fingerprint density at radius 3 is 2.68 bits per heavy atom. The molecule has 0 radical (unpaired) electrons. The van der Waals surface area contributed by atoms with E-state index in [-0.39, 0.29) is 12.5 Å². The van der Waals surface area contributed by atoms with Crippen LogP contribution < -0.4 is 20.2 Å². The second kappa shape index (κ2) is 10.9. The topological polar surface area (TPSA) is 75.2 Å². The van der Waals surface area contributed by atoms with Crippen LogP contribution in [0.3, 0.4) is 0 Å². The highest BCUT2D eigenvalue weighted by atomic mass is 79.9. The average Bonchev–Trinajstić information content (AvgIpc) is 2.54. The number of rotatable bonds is 8. The van der Waals surface area contributed by atoms with Crippen molar-refractivity contribution in [1.29, 1.82) is 0 Å². The van der Waals surface area contributed by atoms with Crippen LogP contribution in [0.2, 0.25) is 0 Å². The molecule has 0 unspecified atom stereocenters. The van der Waals surface area contributed by atoms with E-state index in [1.807, 2.05) is 19.9 Å². The number of likely N-dealkylation sites (N-methyl/N-ethyl adjacent to an activating group) is 1. The van der Waals surface area contributed by atoms with Crippen LogP contribution >= 0.6 is 28.1 Å². The number of carbonyl (C=O) groups excluding carboxylic acids is 1. The van der Waals surface area contributed by atoms with Gasteiger partial charge in [-0.1, -0.05) is 0 Å². The van der Waals surface area contributed by atoms with E-state index in [4.69, 9.17) is 21.7 Å². The Morgan fingerprint density at radius 2 is 2.08 bits per heavy atom. The van der Waals surface area contributed by atoms with Crippen molar-refractivity contribution in [3.05, 3.63) is 22.2 Å². The average molecular weight is 431 g/mol. The maximum Gasteiger partial charge on any atom is 0.259 e. The van der Waals surface area contributed by atoms with E-state index in [1.54, 1.807) is 26.4 Å². The summed E-state index contributed by atoms with van der Waals surface area (Å²) in [4.78, 5) is 13.2. The van der Waals surface area contributed by atoms with Gasteiger partial charge in [0.1, 0.15) is 0 Å². The summed E-state index contributed by atoms with van der Waals surface area (Å²) in [5.41, 5.74) is 3.51. The Kier molecular flexibility index (Phi) is 9.22. The fourth-order valence-corrected chi connectivity index (χ4v) is 2.47. The molecule has 7 nitrogen and oxygen atoms in total. The molecule has 1 amide bonds. The lowest BCUT2D eigenvalue weighted by molar-refractivity contribution is -0.130. The SMILES string of the molecule is CCNC(=S)NN=Cc1cc(Br)c(OCC(=O)N(C)C)c(OCC)c1. The predicted molar refractivity (Wildman–Crippen MR) is 107 cm³/mol. The first kappa shape index (κ1) is 21.2. The van der Waals surface area contributed by atoms with Crippen molar-refractivity contribution < 1.29 is 14.3 Å². The van der Waals surface area contributed by atoms with Crippen LogP contribution in [-0.4, -0.2) is 56.0 Å². The number of nitrogens with one attached hydrogen (secondary N) is 2. The number of nitrogens with zero attached hydrogens (tertiary/aromatic N) is 2. The normalized spacial score (nSPS) is 10.4. The first-order valence-corrected chi connectivity index (χ1v) is 8.95. The molecule has 0 heterocycles. The van der Waals surface area contributed by atoms with Crippen LogP contribution in [0.5, 0.6) is 11.5 Å². The highest BCUT2D eigenvalue weighted by Crippen LogP contribution is 2.36. The third kappa shape index (κ3) is 7.27. The summed E-state index contributed by atoms with van der Waals surface area (Å²) in [5, 5.41) is 7.46. The highest BCUT2D eigenvalue weighted by Gasteiger charge is 2.14. The minimum Gasteiger partial charge on any atom is -0.490 e. The molecule has 0 aliphatic carbocycles. The zero-order chi connectivity index (χ0) is 18.8. The zero-order valence-corrected chi connectivity index (χ0v) is 17.2. The second-order valence-electron chi connectivity index (χ2n) is 5.07. The molecule has 0 atom stereocenters. The van der Waals surface area contributed by atoms with E-state index in [1.165, 1.54) is 4.90 Å². The Labute approximate surface area is 161 Å². The van der Waals surface area contributed by atoms with E-state index >= 15 is 0 Å². The largest absolute Gasteiger partial charge is 0.490 e. The summed E-state index contributed by atoms with van der Waals surface area (Å²) in [5.74, 6) is 0.866. The van der Waals surface area contributed by atoms with E-state index in [0.29, 0.717) is 27.7 Å². The summed E-state index contributed by atoms with van der Waals surface area (Å²) in [6.07, 6.45) is 1.62. The van der Waals surface area contributed by atoms with E-state index in [0.717, 1.165) is 12.1 Å². The molecule has 0 saturated carbocycles. The maximum atomic E-state index is 11.7. The number of carbonyl (C=O) groups is 1. The number of amides is 1. The highest BCUT2D eigenvalue weighted by molar-refractivity contribution is 9.10. The van der Waals surface area contributed by atoms with Crippen LogP contribution in [-0.2, 0) is 4.79 Å². The Morgan fingerprint density at radius 1 is 1.36 bits per heavy atom. The lowest BCUT2D eigenvalue weighted by Crippen LogP contribution is -2.31. The molecule has 0 bridgehead atoms. The Hall–Kier alpha value is -1.87. The van der Waals surface area contributed by atoms with Gasteiger partial charge in [0.2, 0.25) is 0 Å². The molecular formula is C16H23BrN4O3S. The van der Waals surface area contributed by atoms with Gasteiger partial charge in [0, 0.05) is 20.6 Å². The van der Waals surface area contributed by atoms with Crippen molar-refractivity contribution in [3.8, 4) is 11.5 Å². The molecule has 0 fully saturated rings. The fourth-order valence-electron chi connectivity index (χ4n) is 1.69. The quantitative estimate of drug-likeness (QED) is 0.373. The molecule has 25 heavy (non-hydrogen) atoms. The molecule has 1 rings (SSSR count). The summed E-state index contributed by atoms with van der Waals surface area (Å²) in [7, 11) is 3.35. The summed E-state index contributed by atoms with van der Waals surface area (Å²) >= 11 is 8.49. The van der Waals surface area contributed by atoms with Gasteiger partial charge in [-0.3, -0.25) is 10.2 Å². The lowest BCUT2D eigenvalue weighted by Gasteiger charge is -2.16. The van der Waals surface area contributed by atoms with Gasteiger partial charge >= 0.3 is 0 Å². The number of hydrogen-bond donors (Lipinski definition) is 2. The van der Waals surface area contributed by atoms with Gasteiger partial charge < -0.3 is 19.7 Å². The maximum absolute atomic E-state index is 11.7. The van der Waals surface area contributed by atoms with E-state index < -0.39 is 0 Å². The van der Waals surface area contributed by atoms with Gasteiger partial charge in [-0.25, -0.2) is 0 Å². The third-order valence-electron chi connectivity index (χ3n) is 2.89. The summed E-state index contributed by atoms with van der Waals surface area (Å²) in [6, 6.07) is 3.60. The summed E-state index contributed by atoms with van der Waals surface area (Å²) < 4.78 is 11.9. The fraction of sp³-hybridized carbons (Fsp3) is 0.438. The first-order chi connectivity index (χ1) is 11.9. The van der Waals surface area contributed by atoms with E-state index in [2.05, 4.69) is 31.8 Å². The molecule has 138 valence electrons. The number of ether oxygens (including phenoxy) is 2. The van der Waals surface area contributed by atoms with Crippen molar-refractivity contribution in [2.24, 2.45) is 5.10 Å². The van der Waals surface area contributed by atoms with Gasteiger partial charge in [-0.2, -0.15) is 5.10 Å². The van der Waals surface area contributed by atoms with Gasteiger partial charge in [0.05, 0.1) is 17.3 Å². The molecule has 0 spiro atoms. The minimum atomic E-state index is -0.138. The number of hydrogen-bond acceptors (Lipinski definition) is 5.